The Morgan fingerprint density at radius 3 is 2.62 bits per heavy atom. The highest BCUT2D eigenvalue weighted by Crippen LogP contribution is 2.43. The molecular weight excluding hydrogens is 327 g/mol. The number of aromatic amines is 1. The third kappa shape index (κ3) is 2.11. The SMILES string of the molecule is O=C1Nc2ccc(Cl)cc2Sc2c1[nH]c1ccc(Cl)cc21. The number of carbonyl (C=O) groups is 1. The predicted octanol–water partition coefficient (Wildman–Crippen LogP) is 5.19. The van der Waals surface area contributed by atoms with Gasteiger partial charge in [0, 0.05) is 25.8 Å². The lowest BCUT2D eigenvalue weighted by atomic mass is 10.2. The molecule has 2 heterocycles. The van der Waals surface area contributed by atoms with Crippen LogP contribution < -0.4 is 5.32 Å². The molecule has 0 aliphatic carbocycles. The Morgan fingerprint density at radius 1 is 1.00 bits per heavy atom. The zero-order valence-corrected chi connectivity index (χ0v) is 12.9. The number of rotatable bonds is 0. The van der Waals surface area contributed by atoms with Gasteiger partial charge in [-0.2, -0.15) is 0 Å². The molecule has 1 amide bonds. The maximum Gasteiger partial charge on any atom is 0.273 e. The number of amides is 1. The average molecular weight is 335 g/mol. The molecule has 2 N–H and O–H groups in total. The van der Waals surface area contributed by atoms with Crippen LogP contribution in [0, 0.1) is 0 Å². The van der Waals surface area contributed by atoms with E-state index in [0.29, 0.717) is 15.7 Å². The van der Waals surface area contributed by atoms with E-state index in [-0.39, 0.29) is 5.91 Å². The minimum atomic E-state index is -0.161. The number of aromatic nitrogens is 1. The van der Waals surface area contributed by atoms with Crippen molar-refractivity contribution in [3.8, 4) is 0 Å². The van der Waals surface area contributed by atoms with Gasteiger partial charge in [-0.25, -0.2) is 0 Å². The van der Waals surface area contributed by atoms with Crippen LogP contribution >= 0.6 is 35.0 Å². The summed E-state index contributed by atoms with van der Waals surface area (Å²) in [5.41, 5.74) is 2.19. The summed E-state index contributed by atoms with van der Waals surface area (Å²) >= 11 is 13.6. The Morgan fingerprint density at radius 2 is 1.76 bits per heavy atom. The molecule has 0 unspecified atom stereocenters. The molecule has 0 bridgehead atoms. The van der Waals surface area contributed by atoms with Gasteiger partial charge >= 0.3 is 0 Å². The molecule has 3 nitrogen and oxygen atoms in total. The molecule has 6 heteroatoms. The van der Waals surface area contributed by atoms with Gasteiger partial charge in [0.05, 0.1) is 10.6 Å². The van der Waals surface area contributed by atoms with Crippen LogP contribution in [-0.2, 0) is 0 Å². The van der Waals surface area contributed by atoms with Crippen molar-refractivity contribution >= 4 is 57.5 Å². The number of hydrogen-bond donors (Lipinski definition) is 2. The summed E-state index contributed by atoms with van der Waals surface area (Å²) in [4.78, 5) is 17.3. The molecule has 4 rings (SSSR count). The molecule has 0 atom stereocenters. The first kappa shape index (κ1) is 13.1. The highest BCUT2D eigenvalue weighted by molar-refractivity contribution is 7.99. The average Bonchev–Trinajstić information content (AvgIpc) is 2.73. The van der Waals surface area contributed by atoms with Crippen LogP contribution in [0.15, 0.2) is 46.2 Å². The van der Waals surface area contributed by atoms with E-state index >= 15 is 0 Å². The smallest absolute Gasteiger partial charge is 0.273 e. The largest absolute Gasteiger partial charge is 0.350 e. The number of nitrogens with one attached hydrogen (secondary N) is 2. The van der Waals surface area contributed by atoms with E-state index in [9.17, 15) is 4.79 Å². The molecule has 0 saturated carbocycles. The van der Waals surface area contributed by atoms with Crippen molar-refractivity contribution in [3.05, 3.63) is 52.1 Å². The van der Waals surface area contributed by atoms with Crippen LogP contribution in [0.2, 0.25) is 10.0 Å². The molecule has 2 aromatic carbocycles. The number of H-pyrrole nitrogens is 1. The van der Waals surface area contributed by atoms with E-state index in [4.69, 9.17) is 23.2 Å². The van der Waals surface area contributed by atoms with E-state index in [1.165, 1.54) is 11.8 Å². The second kappa shape index (κ2) is 4.70. The van der Waals surface area contributed by atoms with Crippen LogP contribution in [0.1, 0.15) is 10.5 Å². The zero-order chi connectivity index (χ0) is 14.6. The summed E-state index contributed by atoms with van der Waals surface area (Å²) in [6.07, 6.45) is 0. The summed E-state index contributed by atoms with van der Waals surface area (Å²) in [6.45, 7) is 0. The first-order valence-corrected chi connectivity index (χ1v) is 7.79. The van der Waals surface area contributed by atoms with Gasteiger partial charge in [-0.3, -0.25) is 4.79 Å². The van der Waals surface area contributed by atoms with E-state index in [1.807, 2.05) is 24.3 Å². The summed E-state index contributed by atoms with van der Waals surface area (Å²) < 4.78 is 0. The van der Waals surface area contributed by atoms with Crippen molar-refractivity contribution in [2.45, 2.75) is 9.79 Å². The van der Waals surface area contributed by atoms with E-state index < -0.39 is 0 Å². The Kier molecular flexibility index (Phi) is 2.92. The van der Waals surface area contributed by atoms with Crippen molar-refractivity contribution in [1.82, 2.24) is 4.98 Å². The molecule has 1 aromatic heterocycles. The number of halogens is 2. The van der Waals surface area contributed by atoms with Crippen LogP contribution in [0.4, 0.5) is 5.69 Å². The van der Waals surface area contributed by atoms with Gasteiger partial charge in [-0.05, 0) is 36.4 Å². The fraction of sp³-hybridized carbons (Fsp3) is 0. The van der Waals surface area contributed by atoms with Crippen molar-refractivity contribution in [2.75, 3.05) is 5.32 Å². The summed E-state index contributed by atoms with van der Waals surface area (Å²) in [5.74, 6) is -0.161. The van der Waals surface area contributed by atoms with Crippen LogP contribution in [0.3, 0.4) is 0 Å². The van der Waals surface area contributed by atoms with Gasteiger partial charge in [0.1, 0.15) is 5.69 Å². The Labute approximate surface area is 134 Å². The quantitative estimate of drug-likeness (QED) is 0.594. The summed E-state index contributed by atoms with van der Waals surface area (Å²) in [5, 5.41) is 5.11. The van der Waals surface area contributed by atoms with Crippen molar-refractivity contribution in [2.24, 2.45) is 0 Å². The lowest BCUT2D eigenvalue weighted by Crippen LogP contribution is -2.11. The molecule has 0 saturated heterocycles. The number of anilines is 1. The highest BCUT2D eigenvalue weighted by Gasteiger charge is 2.24. The molecule has 0 radical (unpaired) electrons. The Hall–Kier alpha value is -1.62. The summed E-state index contributed by atoms with van der Waals surface area (Å²) in [6, 6.07) is 11.0. The van der Waals surface area contributed by atoms with Gasteiger partial charge < -0.3 is 10.3 Å². The van der Waals surface area contributed by atoms with Crippen LogP contribution in [-0.4, -0.2) is 10.9 Å². The molecule has 3 aromatic rings. The Balaban J connectivity index is 2.00. The predicted molar refractivity (Wildman–Crippen MR) is 86.8 cm³/mol. The number of hydrogen-bond acceptors (Lipinski definition) is 2. The molecule has 1 aliphatic rings. The molecule has 21 heavy (non-hydrogen) atoms. The number of fused-ring (bicyclic) bond motifs is 4. The second-order valence-electron chi connectivity index (χ2n) is 4.72. The lowest BCUT2D eigenvalue weighted by molar-refractivity contribution is 0.102. The fourth-order valence-electron chi connectivity index (χ4n) is 2.38. The lowest BCUT2D eigenvalue weighted by Gasteiger charge is -2.06. The number of benzene rings is 2. The minimum absolute atomic E-state index is 0.161. The van der Waals surface area contributed by atoms with E-state index in [1.54, 1.807) is 12.1 Å². The molecule has 0 spiro atoms. The standard InChI is InChI=1S/C15H8Cl2N2OS/c16-7-1-3-10-9(5-7)14-13(18-10)15(20)19-11-4-2-8(17)6-12(11)21-14/h1-6,18H,(H,19,20). The fourth-order valence-corrected chi connectivity index (χ4v) is 3.95. The van der Waals surface area contributed by atoms with Gasteiger partial charge in [-0.1, -0.05) is 35.0 Å². The second-order valence-corrected chi connectivity index (χ2v) is 6.64. The first-order chi connectivity index (χ1) is 10.1. The van der Waals surface area contributed by atoms with Gasteiger partial charge in [0.25, 0.3) is 5.91 Å². The molecule has 1 aliphatic heterocycles. The van der Waals surface area contributed by atoms with Crippen molar-refractivity contribution < 1.29 is 4.79 Å². The maximum absolute atomic E-state index is 12.4. The van der Waals surface area contributed by atoms with E-state index in [0.717, 1.165) is 26.4 Å². The monoisotopic (exact) mass is 334 g/mol. The van der Waals surface area contributed by atoms with Crippen molar-refractivity contribution in [1.29, 1.82) is 0 Å². The topological polar surface area (TPSA) is 44.9 Å². The normalized spacial score (nSPS) is 13.5. The van der Waals surface area contributed by atoms with Crippen LogP contribution in [0.5, 0.6) is 0 Å². The Bertz CT molecular complexity index is 904. The molecule has 104 valence electrons. The summed E-state index contributed by atoms with van der Waals surface area (Å²) in [7, 11) is 0. The molecular formula is C15H8Cl2N2OS. The highest BCUT2D eigenvalue weighted by atomic mass is 35.5. The van der Waals surface area contributed by atoms with Crippen molar-refractivity contribution in [3.63, 3.8) is 0 Å². The molecule has 0 fully saturated rings. The van der Waals surface area contributed by atoms with E-state index in [2.05, 4.69) is 10.3 Å². The maximum atomic E-state index is 12.4. The zero-order valence-electron chi connectivity index (χ0n) is 10.5. The van der Waals surface area contributed by atoms with Gasteiger partial charge in [-0.15, -0.1) is 0 Å². The third-order valence-electron chi connectivity index (χ3n) is 3.34. The first-order valence-electron chi connectivity index (χ1n) is 6.22. The van der Waals surface area contributed by atoms with Gasteiger partial charge in [0.15, 0.2) is 0 Å². The minimum Gasteiger partial charge on any atom is -0.350 e. The van der Waals surface area contributed by atoms with Gasteiger partial charge in [0.2, 0.25) is 0 Å². The van der Waals surface area contributed by atoms with Crippen LogP contribution in [0.25, 0.3) is 10.9 Å². The number of carbonyl (C=O) groups excluding carboxylic acids is 1. The third-order valence-corrected chi connectivity index (χ3v) is 5.00.